The minimum atomic E-state index is -0.641. The van der Waals surface area contributed by atoms with Crippen LogP contribution in [-0.4, -0.2) is 74.7 Å². The van der Waals surface area contributed by atoms with Gasteiger partial charge in [0.2, 0.25) is 11.8 Å². The predicted molar refractivity (Wildman–Crippen MR) is 178 cm³/mol. The fourth-order valence-corrected chi connectivity index (χ4v) is 6.50. The monoisotopic (exact) mass is 620 g/mol. The van der Waals surface area contributed by atoms with E-state index in [1.807, 2.05) is 89.5 Å². The lowest BCUT2D eigenvalue weighted by atomic mass is 9.92. The Morgan fingerprint density at radius 1 is 1.09 bits per heavy atom. The first-order valence-corrected chi connectivity index (χ1v) is 15.9. The van der Waals surface area contributed by atoms with Gasteiger partial charge in [0.05, 0.1) is 30.3 Å². The molecule has 2 atom stereocenters. The minimum Gasteiger partial charge on any atom is -0.394 e. The summed E-state index contributed by atoms with van der Waals surface area (Å²) in [5, 5.41) is 24.1. The van der Waals surface area contributed by atoms with Gasteiger partial charge in [-0.05, 0) is 60.6 Å². The molecule has 0 bridgehead atoms. The Morgan fingerprint density at radius 2 is 1.85 bits per heavy atom. The molecule has 3 heterocycles. The number of hydrogen-bond acceptors (Lipinski definition) is 5. The molecule has 2 aliphatic rings. The second kappa shape index (κ2) is 14.0. The molecule has 2 aliphatic heterocycles. The highest BCUT2D eigenvalue weighted by molar-refractivity contribution is 5.92. The number of nitrogens with zero attached hydrogens (tertiary/aromatic N) is 3. The lowest BCUT2D eigenvalue weighted by molar-refractivity contribution is -0.137. The van der Waals surface area contributed by atoms with Crippen molar-refractivity contribution in [2.75, 3.05) is 25.0 Å². The Hall–Kier alpha value is -4.96. The SMILES string of the molecule is Cc1cc(CC(CC(=O)N2CCC(N3Cc4ccccc4NC3=O)CC2)C(=O)NC(/C=C/c2ccccc2)CO)cc2cn[nH]c12. The number of amides is 4. The number of aliphatic hydroxyl groups excluding tert-OH is 1. The topological polar surface area (TPSA) is 131 Å². The van der Waals surface area contributed by atoms with E-state index in [9.17, 15) is 19.5 Å². The number of aliphatic hydroxyl groups is 1. The van der Waals surface area contributed by atoms with Gasteiger partial charge in [-0.1, -0.05) is 66.7 Å². The number of benzene rings is 3. The number of H-pyrrole nitrogens is 1. The molecule has 1 aromatic heterocycles. The molecule has 0 aliphatic carbocycles. The number of para-hydroxylation sites is 1. The molecule has 3 aromatic carbocycles. The van der Waals surface area contributed by atoms with E-state index in [-0.39, 0.29) is 36.9 Å². The number of rotatable bonds is 10. The van der Waals surface area contributed by atoms with Crippen LogP contribution in [-0.2, 0) is 22.6 Å². The second-order valence-electron chi connectivity index (χ2n) is 12.2. The van der Waals surface area contributed by atoms with E-state index in [0.29, 0.717) is 38.9 Å². The van der Waals surface area contributed by atoms with Crippen molar-refractivity contribution >= 4 is 40.5 Å². The van der Waals surface area contributed by atoms with Gasteiger partial charge in [0.1, 0.15) is 0 Å². The van der Waals surface area contributed by atoms with Gasteiger partial charge < -0.3 is 25.5 Å². The van der Waals surface area contributed by atoms with Crippen LogP contribution in [0.2, 0.25) is 0 Å². The van der Waals surface area contributed by atoms with E-state index in [2.05, 4.69) is 20.8 Å². The van der Waals surface area contributed by atoms with E-state index in [0.717, 1.165) is 38.8 Å². The van der Waals surface area contributed by atoms with E-state index >= 15 is 0 Å². The fourth-order valence-electron chi connectivity index (χ4n) is 6.50. The largest absolute Gasteiger partial charge is 0.394 e. The highest BCUT2D eigenvalue weighted by Crippen LogP contribution is 2.28. The van der Waals surface area contributed by atoms with Crippen molar-refractivity contribution in [3.05, 3.63) is 101 Å². The van der Waals surface area contributed by atoms with Gasteiger partial charge in [-0.3, -0.25) is 14.7 Å². The van der Waals surface area contributed by atoms with Crippen molar-refractivity contribution in [1.29, 1.82) is 0 Å². The number of aromatic nitrogens is 2. The van der Waals surface area contributed by atoms with Gasteiger partial charge in [-0.25, -0.2) is 4.79 Å². The summed E-state index contributed by atoms with van der Waals surface area (Å²) in [5.74, 6) is -1.01. The average Bonchev–Trinajstić information content (AvgIpc) is 3.56. The molecule has 4 aromatic rings. The number of aryl methyl sites for hydroxylation is 1. The number of fused-ring (bicyclic) bond motifs is 2. The summed E-state index contributed by atoms with van der Waals surface area (Å²) < 4.78 is 0. The first-order chi connectivity index (χ1) is 22.4. The molecule has 6 rings (SSSR count). The van der Waals surface area contributed by atoms with Crippen LogP contribution < -0.4 is 10.6 Å². The Labute approximate surface area is 268 Å². The summed E-state index contributed by atoms with van der Waals surface area (Å²) in [5.41, 5.74) is 5.79. The zero-order chi connectivity index (χ0) is 32.0. The summed E-state index contributed by atoms with van der Waals surface area (Å²) in [4.78, 5) is 44.0. The zero-order valence-electron chi connectivity index (χ0n) is 26.0. The molecule has 46 heavy (non-hydrogen) atoms. The number of anilines is 1. The molecular weight excluding hydrogens is 580 g/mol. The van der Waals surface area contributed by atoms with Crippen molar-refractivity contribution < 1.29 is 19.5 Å². The maximum atomic E-state index is 13.7. The van der Waals surface area contributed by atoms with Gasteiger partial charge >= 0.3 is 6.03 Å². The predicted octanol–water partition coefficient (Wildman–Crippen LogP) is 4.65. The molecular formula is C36H40N6O4. The van der Waals surface area contributed by atoms with Gasteiger partial charge in [-0.15, -0.1) is 0 Å². The first-order valence-electron chi connectivity index (χ1n) is 15.9. The summed E-state index contributed by atoms with van der Waals surface area (Å²) in [6.45, 7) is 3.31. The smallest absolute Gasteiger partial charge is 0.322 e. The Balaban J connectivity index is 1.13. The van der Waals surface area contributed by atoms with Crippen LogP contribution in [0.1, 0.15) is 41.5 Å². The maximum Gasteiger partial charge on any atom is 0.322 e. The molecule has 4 N–H and O–H groups in total. The Morgan fingerprint density at radius 3 is 2.63 bits per heavy atom. The number of aromatic amines is 1. The summed E-state index contributed by atoms with van der Waals surface area (Å²) in [6.07, 6.45) is 7.14. The quantitative estimate of drug-likeness (QED) is 0.205. The molecule has 2 unspecified atom stereocenters. The Kier molecular flexibility index (Phi) is 9.44. The van der Waals surface area contributed by atoms with Crippen molar-refractivity contribution in [2.24, 2.45) is 5.92 Å². The molecule has 10 heteroatoms. The summed E-state index contributed by atoms with van der Waals surface area (Å²) in [6, 6.07) is 20.8. The third-order valence-corrected chi connectivity index (χ3v) is 9.04. The zero-order valence-corrected chi connectivity index (χ0v) is 26.0. The van der Waals surface area contributed by atoms with Crippen molar-refractivity contribution in [3.63, 3.8) is 0 Å². The molecule has 10 nitrogen and oxygen atoms in total. The van der Waals surface area contributed by atoms with E-state index in [1.165, 1.54) is 0 Å². The number of nitrogens with one attached hydrogen (secondary N) is 3. The van der Waals surface area contributed by atoms with Crippen LogP contribution >= 0.6 is 0 Å². The van der Waals surface area contributed by atoms with Crippen molar-refractivity contribution in [3.8, 4) is 0 Å². The van der Waals surface area contributed by atoms with Crippen LogP contribution in [0, 0.1) is 12.8 Å². The number of likely N-dealkylation sites (tertiary alicyclic amines) is 1. The Bertz CT molecular complexity index is 1730. The van der Waals surface area contributed by atoms with Crippen LogP contribution in [0.3, 0.4) is 0 Å². The third kappa shape index (κ3) is 7.13. The summed E-state index contributed by atoms with van der Waals surface area (Å²) in [7, 11) is 0. The first kappa shape index (κ1) is 31.0. The fraction of sp³-hybridized carbons (Fsp3) is 0.333. The molecule has 0 saturated carbocycles. The van der Waals surface area contributed by atoms with Gasteiger partial charge in [0.25, 0.3) is 0 Å². The highest BCUT2D eigenvalue weighted by atomic mass is 16.3. The van der Waals surface area contributed by atoms with Crippen LogP contribution in [0.25, 0.3) is 17.0 Å². The van der Waals surface area contributed by atoms with E-state index in [4.69, 9.17) is 0 Å². The van der Waals surface area contributed by atoms with Crippen LogP contribution in [0.5, 0.6) is 0 Å². The van der Waals surface area contributed by atoms with Crippen molar-refractivity contribution in [1.82, 2.24) is 25.3 Å². The third-order valence-electron chi connectivity index (χ3n) is 9.04. The number of hydrogen-bond donors (Lipinski definition) is 4. The molecule has 1 saturated heterocycles. The van der Waals surface area contributed by atoms with Gasteiger partial charge in [-0.2, -0.15) is 5.10 Å². The van der Waals surface area contributed by atoms with Crippen molar-refractivity contribution in [2.45, 2.75) is 51.2 Å². The highest BCUT2D eigenvalue weighted by Gasteiger charge is 2.34. The molecule has 238 valence electrons. The maximum absolute atomic E-state index is 13.7. The van der Waals surface area contributed by atoms with Crippen LogP contribution in [0.4, 0.5) is 10.5 Å². The molecule has 0 radical (unpaired) electrons. The number of carbonyl (C=O) groups is 3. The summed E-state index contributed by atoms with van der Waals surface area (Å²) >= 11 is 0. The van der Waals surface area contributed by atoms with E-state index in [1.54, 1.807) is 12.3 Å². The molecule has 1 fully saturated rings. The minimum absolute atomic E-state index is 0.0304. The average molecular weight is 621 g/mol. The normalized spacial score (nSPS) is 16.7. The van der Waals surface area contributed by atoms with Crippen LogP contribution in [0.15, 0.2) is 79.0 Å². The number of carbonyl (C=O) groups excluding carboxylic acids is 3. The lowest BCUT2D eigenvalue weighted by Crippen LogP contribution is -2.51. The molecule has 4 amide bonds. The number of urea groups is 1. The standard InChI is InChI=1S/C36H40N6O4/c1-24-17-26(19-29-21-37-40-34(24)29)18-28(35(45)38-30(23-43)12-11-25-7-3-2-4-8-25)20-33(44)41-15-13-31(14-16-41)42-22-27-9-5-6-10-32(27)39-36(42)46/h2-12,17,19,21,28,30-31,43H,13-16,18,20,22-23H2,1H3,(H,37,40)(H,38,45)(H,39,46)/b12-11+. The lowest BCUT2D eigenvalue weighted by Gasteiger charge is -2.40. The molecule has 0 spiro atoms. The van der Waals surface area contributed by atoms with Gasteiger partial charge in [0.15, 0.2) is 0 Å². The van der Waals surface area contributed by atoms with E-state index < -0.39 is 12.0 Å². The van der Waals surface area contributed by atoms with Gasteiger partial charge in [0, 0.05) is 43.2 Å². The number of piperidine rings is 1. The second-order valence-corrected chi connectivity index (χ2v) is 12.2.